The Morgan fingerprint density at radius 2 is 1.92 bits per heavy atom. The summed E-state index contributed by atoms with van der Waals surface area (Å²) in [5.41, 5.74) is 2.95. The number of para-hydroxylation sites is 1. The van der Waals surface area contributed by atoms with Crippen LogP contribution in [0.25, 0.3) is 16.9 Å². The molecule has 0 spiro atoms. The van der Waals surface area contributed by atoms with E-state index in [-0.39, 0.29) is 17.8 Å². The quantitative estimate of drug-likeness (QED) is 0.350. The highest BCUT2D eigenvalue weighted by Crippen LogP contribution is 2.35. The number of aryl methyl sites for hydroxylation is 1. The number of carbonyl (C=O) groups excluding carboxylic acids is 1. The lowest BCUT2D eigenvalue weighted by Crippen LogP contribution is -2.42. The monoisotopic (exact) mass is 537 g/mol. The lowest BCUT2D eigenvalue weighted by molar-refractivity contribution is 0.159. The van der Waals surface area contributed by atoms with E-state index < -0.39 is 6.03 Å². The zero-order valence-corrected chi connectivity index (χ0v) is 21.9. The molecule has 2 amide bonds. The molecule has 1 aliphatic heterocycles. The third kappa shape index (κ3) is 5.57. The number of likely N-dealkylation sites (tertiary alicyclic amines) is 1. The fraction of sp³-hybridized carbons (Fsp3) is 0.296. The van der Waals surface area contributed by atoms with E-state index in [2.05, 4.69) is 20.6 Å². The van der Waals surface area contributed by atoms with Crippen LogP contribution in [0.3, 0.4) is 0 Å². The van der Waals surface area contributed by atoms with Gasteiger partial charge in [0, 0.05) is 51.5 Å². The Morgan fingerprint density at radius 3 is 2.61 bits per heavy atom. The minimum atomic E-state index is -0.410. The van der Waals surface area contributed by atoms with E-state index in [0.29, 0.717) is 36.2 Å². The maximum Gasteiger partial charge on any atom is 0.320 e. The summed E-state index contributed by atoms with van der Waals surface area (Å²) >= 11 is 6.78. The molecule has 2 aromatic carbocycles. The van der Waals surface area contributed by atoms with Crippen molar-refractivity contribution in [1.29, 1.82) is 0 Å². The summed E-state index contributed by atoms with van der Waals surface area (Å²) in [5.74, 6) is 0.0407. The van der Waals surface area contributed by atoms with Crippen molar-refractivity contribution in [2.75, 3.05) is 38.7 Å². The summed E-state index contributed by atoms with van der Waals surface area (Å²) in [6.45, 7) is 2.66. The Bertz CT molecular complexity index is 1390. The van der Waals surface area contributed by atoms with Crippen LogP contribution >= 0.6 is 11.6 Å². The topological polar surface area (TPSA) is 89.2 Å². The highest BCUT2D eigenvalue weighted by atomic mass is 35.5. The van der Waals surface area contributed by atoms with Crippen molar-refractivity contribution in [3.63, 3.8) is 0 Å². The van der Waals surface area contributed by atoms with Crippen LogP contribution in [0.4, 0.5) is 15.0 Å². The molecule has 2 aromatic heterocycles. The molecule has 0 radical (unpaired) electrons. The number of aromatic nitrogens is 4. The van der Waals surface area contributed by atoms with E-state index >= 15 is 0 Å². The van der Waals surface area contributed by atoms with Crippen molar-refractivity contribution in [3.8, 4) is 16.9 Å². The van der Waals surface area contributed by atoms with Gasteiger partial charge in [0.1, 0.15) is 16.5 Å². The van der Waals surface area contributed by atoms with Crippen molar-refractivity contribution >= 4 is 23.4 Å². The molecule has 0 saturated carbocycles. The molecule has 3 heterocycles. The Hall–Kier alpha value is -3.73. The molecule has 198 valence electrons. The van der Waals surface area contributed by atoms with E-state index in [1.54, 1.807) is 34.8 Å². The molecule has 1 fully saturated rings. The van der Waals surface area contributed by atoms with Gasteiger partial charge in [0.15, 0.2) is 5.82 Å². The van der Waals surface area contributed by atoms with Gasteiger partial charge in [-0.05, 0) is 29.8 Å². The van der Waals surface area contributed by atoms with Crippen LogP contribution in [0.15, 0.2) is 67.0 Å². The highest BCUT2D eigenvalue weighted by molar-refractivity contribution is 6.36. The number of methoxy groups -OCH3 is 1. The van der Waals surface area contributed by atoms with Gasteiger partial charge in [-0.3, -0.25) is 14.9 Å². The van der Waals surface area contributed by atoms with Crippen LogP contribution in [-0.4, -0.2) is 69.9 Å². The summed E-state index contributed by atoms with van der Waals surface area (Å²) in [6.07, 6.45) is 3.49. The van der Waals surface area contributed by atoms with Crippen LogP contribution in [-0.2, 0) is 11.8 Å². The van der Waals surface area contributed by atoms with E-state index in [4.69, 9.17) is 21.4 Å². The van der Waals surface area contributed by atoms with Crippen LogP contribution in [0.1, 0.15) is 11.5 Å². The number of halogens is 2. The predicted molar refractivity (Wildman–Crippen MR) is 144 cm³/mol. The second-order valence-electron chi connectivity index (χ2n) is 9.28. The molecule has 11 heteroatoms. The van der Waals surface area contributed by atoms with Crippen molar-refractivity contribution < 1.29 is 13.9 Å². The summed E-state index contributed by atoms with van der Waals surface area (Å²) in [4.78, 5) is 15.6. The number of urea groups is 1. The lowest BCUT2D eigenvalue weighted by atomic mass is 9.94. The second-order valence-corrected chi connectivity index (χ2v) is 9.65. The number of ether oxygens (including phenoxy) is 1. The second kappa shape index (κ2) is 11.3. The Kier molecular flexibility index (Phi) is 7.73. The number of hydrogen-bond acceptors (Lipinski definition) is 5. The maximum atomic E-state index is 13.6. The first-order chi connectivity index (χ1) is 18.4. The molecule has 38 heavy (non-hydrogen) atoms. The number of amides is 2. The lowest BCUT2D eigenvalue weighted by Gasteiger charge is -2.21. The predicted octanol–water partition coefficient (Wildman–Crippen LogP) is 4.30. The zero-order chi connectivity index (χ0) is 26.6. The van der Waals surface area contributed by atoms with Gasteiger partial charge in [-0.25, -0.2) is 13.9 Å². The molecule has 0 aliphatic carbocycles. The van der Waals surface area contributed by atoms with Gasteiger partial charge in [0.2, 0.25) is 0 Å². The Balaban J connectivity index is 1.41. The third-order valence-corrected chi connectivity index (χ3v) is 7.02. The minimum Gasteiger partial charge on any atom is -0.383 e. The largest absolute Gasteiger partial charge is 0.383 e. The molecule has 1 saturated heterocycles. The molecule has 0 bridgehead atoms. The molecule has 2 N–H and O–H groups in total. The number of nitrogens with one attached hydrogen (secondary N) is 2. The molecule has 2 atom stereocenters. The third-order valence-electron chi connectivity index (χ3n) is 6.66. The average Bonchev–Trinajstić information content (AvgIpc) is 3.61. The number of hydrogen-bond donors (Lipinski definition) is 2. The molecular weight excluding hydrogens is 509 g/mol. The van der Waals surface area contributed by atoms with Crippen molar-refractivity contribution in [3.05, 3.63) is 83.4 Å². The molecule has 9 nitrogen and oxygen atoms in total. The van der Waals surface area contributed by atoms with Gasteiger partial charge in [0.05, 0.1) is 24.5 Å². The SMILES string of the molecule is COCCN1CC(NC(=O)Nc2c(Cl)c(-c3cnn(C)c3)nn2-c2ccccc2)C(c2ccc(F)cc2)C1. The first-order valence-corrected chi connectivity index (χ1v) is 12.7. The summed E-state index contributed by atoms with van der Waals surface area (Å²) in [7, 11) is 3.48. The molecular formula is C27H29ClFN7O2. The van der Waals surface area contributed by atoms with Gasteiger partial charge < -0.3 is 10.1 Å². The zero-order valence-electron chi connectivity index (χ0n) is 21.1. The maximum absolute atomic E-state index is 13.6. The van der Waals surface area contributed by atoms with E-state index in [1.807, 2.05) is 43.6 Å². The van der Waals surface area contributed by atoms with Crippen LogP contribution in [0.5, 0.6) is 0 Å². The van der Waals surface area contributed by atoms with Crippen LogP contribution in [0, 0.1) is 5.82 Å². The van der Waals surface area contributed by atoms with Gasteiger partial charge >= 0.3 is 6.03 Å². The summed E-state index contributed by atoms with van der Waals surface area (Å²) < 4.78 is 22.1. The van der Waals surface area contributed by atoms with Gasteiger partial charge in [-0.15, -0.1) is 0 Å². The fourth-order valence-corrected chi connectivity index (χ4v) is 5.06. The van der Waals surface area contributed by atoms with E-state index in [0.717, 1.165) is 23.4 Å². The number of rotatable bonds is 8. The Morgan fingerprint density at radius 1 is 1.16 bits per heavy atom. The van der Waals surface area contributed by atoms with Crippen molar-refractivity contribution in [2.24, 2.45) is 7.05 Å². The highest BCUT2D eigenvalue weighted by Gasteiger charge is 2.35. The van der Waals surface area contributed by atoms with E-state index in [1.165, 1.54) is 12.1 Å². The minimum absolute atomic E-state index is 0.0151. The number of carbonyl (C=O) groups is 1. The smallest absolute Gasteiger partial charge is 0.320 e. The number of nitrogens with zero attached hydrogens (tertiary/aromatic N) is 5. The molecule has 4 aromatic rings. The van der Waals surface area contributed by atoms with Crippen molar-refractivity contribution in [1.82, 2.24) is 29.8 Å². The first kappa shape index (κ1) is 25.9. The van der Waals surface area contributed by atoms with Crippen molar-refractivity contribution in [2.45, 2.75) is 12.0 Å². The van der Waals surface area contributed by atoms with Gasteiger partial charge in [0.25, 0.3) is 0 Å². The summed E-state index contributed by atoms with van der Waals surface area (Å²) in [5, 5.41) is 15.3. The first-order valence-electron chi connectivity index (χ1n) is 12.3. The fourth-order valence-electron chi connectivity index (χ4n) is 4.79. The standard InChI is InChI=1S/C27H29ClFN7O2/c1-34-15-19(14-30-34)25-24(28)26(36(33-25)21-6-4-3-5-7-21)32-27(37)31-23-17-35(12-13-38-2)16-22(23)18-8-10-20(29)11-9-18/h3-11,14-15,22-23H,12-13,16-17H2,1-2H3,(H2,31,32,37). The van der Waals surface area contributed by atoms with Gasteiger partial charge in [-0.2, -0.15) is 10.2 Å². The normalized spacial score (nSPS) is 17.6. The molecule has 5 rings (SSSR count). The molecule has 1 aliphatic rings. The summed E-state index contributed by atoms with van der Waals surface area (Å²) in [6, 6.07) is 15.3. The van der Waals surface area contributed by atoms with Gasteiger partial charge in [-0.1, -0.05) is 41.9 Å². The number of benzene rings is 2. The van der Waals surface area contributed by atoms with Crippen LogP contribution in [0.2, 0.25) is 5.02 Å². The van der Waals surface area contributed by atoms with E-state index in [9.17, 15) is 9.18 Å². The number of anilines is 1. The molecule has 2 unspecified atom stereocenters. The Labute approximate surface area is 225 Å². The van der Waals surface area contributed by atoms with Crippen LogP contribution < -0.4 is 10.6 Å². The average molecular weight is 538 g/mol.